The number of nitrogens with one attached hydrogen (secondary N) is 1. The zero-order chi connectivity index (χ0) is 25.5. The highest BCUT2D eigenvalue weighted by molar-refractivity contribution is 6.32. The molecule has 0 spiro atoms. The third-order valence-electron chi connectivity index (χ3n) is 5.86. The first-order valence-corrected chi connectivity index (χ1v) is 12.0. The van der Waals surface area contributed by atoms with Gasteiger partial charge in [0.15, 0.2) is 5.82 Å². The summed E-state index contributed by atoms with van der Waals surface area (Å²) < 4.78 is 13.1. The number of pyridine rings is 1. The van der Waals surface area contributed by atoms with E-state index in [0.29, 0.717) is 50.3 Å². The van der Waals surface area contributed by atoms with Crippen LogP contribution in [0.2, 0.25) is 10.0 Å². The van der Waals surface area contributed by atoms with Crippen LogP contribution in [0.1, 0.15) is 16.8 Å². The maximum absolute atomic E-state index is 13.2. The van der Waals surface area contributed by atoms with Crippen molar-refractivity contribution in [1.82, 2.24) is 29.9 Å². The molecule has 0 unspecified atom stereocenters. The fraction of sp³-hybridized carbons (Fsp3) is 0.115. The van der Waals surface area contributed by atoms with Gasteiger partial charge in [0.1, 0.15) is 11.1 Å². The number of rotatable bonds is 6. The predicted octanol–water partition coefficient (Wildman–Crippen LogP) is 5.64. The quantitative estimate of drug-likeness (QED) is 0.295. The topological polar surface area (TPSA) is 112 Å². The van der Waals surface area contributed by atoms with Gasteiger partial charge in [-0.15, -0.1) is 0 Å². The number of H-pyrrole nitrogens is 1. The van der Waals surface area contributed by atoms with Gasteiger partial charge in [-0.2, -0.15) is 10.2 Å². The van der Waals surface area contributed by atoms with E-state index in [1.54, 1.807) is 30.6 Å². The van der Waals surface area contributed by atoms with Crippen molar-refractivity contribution >= 4 is 45.0 Å². The van der Waals surface area contributed by atoms with Crippen LogP contribution in [-0.2, 0) is 18.0 Å². The van der Waals surface area contributed by atoms with Crippen LogP contribution in [0.5, 0.6) is 0 Å². The molecule has 0 bridgehead atoms. The van der Waals surface area contributed by atoms with Gasteiger partial charge in [0.25, 0.3) is 0 Å². The molecule has 37 heavy (non-hydrogen) atoms. The van der Waals surface area contributed by atoms with E-state index in [9.17, 15) is 4.79 Å². The predicted molar refractivity (Wildman–Crippen MR) is 140 cm³/mol. The van der Waals surface area contributed by atoms with Crippen molar-refractivity contribution in [2.24, 2.45) is 0 Å². The largest absolute Gasteiger partial charge is 0.401 e. The van der Waals surface area contributed by atoms with Crippen LogP contribution >= 0.6 is 23.2 Å². The van der Waals surface area contributed by atoms with Crippen LogP contribution in [0, 0.1) is 6.92 Å². The van der Waals surface area contributed by atoms with Gasteiger partial charge in [0.05, 0.1) is 41.2 Å². The standard InChI is InChI=1S/C26H18Cl2N6O3/c1-14-9-16-11-30-32-23(16)21-22(14)31-25(37-26(21)35)20-10-18(13-36-12-15-4-6-17(27)7-5-15)33-34(20)24-19(28)3-2-8-29-24/h2-11H,12-13H2,1H3,(H,30,32). The Morgan fingerprint density at radius 1 is 1.11 bits per heavy atom. The molecule has 2 aromatic carbocycles. The Morgan fingerprint density at radius 3 is 2.76 bits per heavy atom. The molecule has 0 saturated heterocycles. The first kappa shape index (κ1) is 23.4. The monoisotopic (exact) mass is 532 g/mol. The third-order valence-corrected chi connectivity index (χ3v) is 6.41. The highest BCUT2D eigenvalue weighted by atomic mass is 35.5. The van der Waals surface area contributed by atoms with Crippen molar-refractivity contribution in [3.8, 4) is 17.4 Å². The van der Waals surface area contributed by atoms with Gasteiger partial charge in [-0.1, -0.05) is 35.3 Å². The summed E-state index contributed by atoms with van der Waals surface area (Å²) in [5.74, 6) is 0.450. The van der Waals surface area contributed by atoms with E-state index in [1.165, 1.54) is 4.68 Å². The first-order chi connectivity index (χ1) is 18.0. The Bertz CT molecular complexity index is 1820. The number of fused-ring (bicyclic) bond motifs is 3. The Labute approximate surface area is 219 Å². The van der Waals surface area contributed by atoms with Crippen LogP contribution in [0.15, 0.2) is 70.1 Å². The van der Waals surface area contributed by atoms with Crippen molar-refractivity contribution in [1.29, 1.82) is 0 Å². The lowest BCUT2D eigenvalue weighted by molar-refractivity contribution is 0.104. The number of nitrogens with zero attached hydrogens (tertiary/aromatic N) is 5. The molecule has 6 rings (SSSR count). The molecule has 6 aromatic rings. The average molecular weight is 533 g/mol. The van der Waals surface area contributed by atoms with E-state index >= 15 is 0 Å². The molecular weight excluding hydrogens is 515 g/mol. The molecule has 0 fully saturated rings. The van der Waals surface area contributed by atoms with Crippen LogP contribution < -0.4 is 5.63 Å². The van der Waals surface area contributed by atoms with Gasteiger partial charge >= 0.3 is 5.63 Å². The lowest BCUT2D eigenvalue weighted by Gasteiger charge is -2.08. The number of ether oxygens (including phenoxy) is 1. The molecule has 9 nitrogen and oxygen atoms in total. The molecule has 0 aliphatic rings. The minimum atomic E-state index is -0.543. The van der Waals surface area contributed by atoms with Gasteiger partial charge in [-0.3, -0.25) is 5.10 Å². The summed E-state index contributed by atoms with van der Waals surface area (Å²) in [6.07, 6.45) is 3.26. The van der Waals surface area contributed by atoms with Crippen molar-refractivity contribution < 1.29 is 9.15 Å². The summed E-state index contributed by atoms with van der Waals surface area (Å²) >= 11 is 12.4. The van der Waals surface area contributed by atoms with Gasteiger partial charge in [0.2, 0.25) is 5.89 Å². The maximum atomic E-state index is 13.2. The maximum Gasteiger partial charge on any atom is 0.349 e. The zero-order valence-corrected chi connectivity index (χ0v) is 20.9. The SMILES string of the molecule is Cc1cc2cn[nH]c2c2c(=O)oc(-c3cc(COCc4ccc(Cl)cc4)nn3-c3ncccc3Cl)nc12. The number of hydrogen-bond donors (Lipinski definition) is 1. The van der Waals surface area contributed by atoms with Crippen LogP contribution in [-0.4, -0.2) is 29.9 Å². The molecule has 0 aliphatic heterocycles. The van der Waals surface area contributed by atoms with Gasteiger partial charge < -0.3 is 9.15 Å². The Morgan fingerprint density at radius 2 is 1.95 bits per heavy atom. The van der Waals surface area contributed by atoms with Gasteiger partial charge in [0, 0.05) is 16.6 Å². The Balaban J connectivity index is 1.43. The van der Waals surface area contributed by atoms with Crippen molar-refractivity contribution in [2.75, 3.05) is 0 Å². The molecule has 4 heterocycles. The first-order valence-electron chi connectivity index (χ1n) is 11.3. The van der Waals surface area contributed by atoms with Crippen LogP contribution in [0.25, 0.3) is 39.2 Å². The minimum absolute atomic E-state index is 0.0811. The minimum Gasteiger partial charge on any atom is -0.401 e. The molecule has 0 atom stereocenters. The molecule has 184 valence electrons. The molecule has 4 aromatic heterocycles. The van der Waals surface area contributed by atoms with Crippen LogP contribution in [0.3, 0.4) is 0 Å². The fourth-order valence-electron chi connectivity index (χ4n) is 4.14. The van der Waals surface area contributed by atoms with Crippen LogP contribution in [0.4, 0.5) is 0 Å². The van der Waals surface area contributed by atoms with E-state index in [0.717, 1.165) is 16.5 Å². The normalized spacial score (nSPS) is 11.5. The number of halogens is 2. The average Bonchev–Trinajstić information content (AvgIpc) is 3.53. The van der Waals surface area contributed by atoms with Crippen molar-refractivity contribution in [3.05, 3.63) is 98.2 Å². The summed E-state index contributed by atoms with van der Waals surface area (Å²) in [7, 11) is 0. The highest BCUT2D eigenvalue weighted by Crippen LogP contribution is 2.29. The lowest BCUT2D eigenvalue weighted by Crippen LogP contribution is -2.08. The molecule has 0 saturated carbocycles. The number of aryl methyl sites for hydroxylation is 1. The second-order valence-electron chi connectivity index (χ2n) is 8.42. The lowest BCUT2D eigenvalue weighted by atomic mass is 10.1. The van der Waals surface area contributed by atoms with Crippen molar-refractivity contribution in [3.63, 3.8) is 0 Å². The number of benzene rings is 2. The number of aromatic amines is 1. The second kappa shape index (κ2) is 9.44. The fourth-order valence-corrected chi connectivity index (χ4v) is 4.47. The van der Waals surface area contributed by atoms with Crippen molar-refractivity contribution in [2.45, 2.75) is 20.1 Å². The summed E-state index contributed by atoms with van der Waals surface area (Å²) in [6, 6.07) is 14.5. The molecule has 1 N–H and O–H groups in total. The zero-order valence-electron chi connectivity index (χ0n) is 19.4. The van der Waals surface area contributed by atoms with E-state index in [-0.39, 0.29) is 12.5 Å². The molecule has 0 amide bonds. The van der Waals surface area contributed by atoms with E-state index in [4.69, 9.17) is 37.3 Å². The smallest absolute Gasteiger partial charge is 0.349 e. The summed E-state index contributed by atoms with van der Waals surface area (Å²) in [5.41, 5.74) is 3.31. The summed E-state index contributed by atoms with van der Waals surface area (Å²) in [4.78, 5) is 22.2. The highest BCUT2D eigenvalue weighted by Gasteiger charge is 2.21. The van der Waals surface area contributed by atoms with E-state index in [2.05, 4.69) is 20.3 Å². The third kappa shape index (κ3) is 4.37. The molecule has 11 heteroatoms. The Kier molecular flexibility index (Phi) is 5.96. The van der Waals surface area contributed by atoms with E-state index < -0.39 is 5.63 Å². The molecule has 0 aliphatic carbocycles. The summed E-state index contributed by atoms with van der Waals surface area (Å²) in [5, 5.41) is 13.7. The van der Waals surface area contributed by atoms with Gasteiger partial charge in [-0.25, -0.2) is 19.4 Å². The second-order valence-corrected chi connectivity index (χ2v) is 9.26. The van der Waals surface area contributed by atoms with Gasteiger partial charge in [-0.05, 0) is 54.4 Å². The number of aromatic nitrogens is 6. The summed E-state index contributed by atoms with van der Waals surface area (Å²) in [6.45, 7) is 2.44. The molecule has 0 radical (unpaired) electrons. The number of hydrogen-bond acceptors (Lipinski definition) is 7. The Hall–Kier alpha value is -4.05. The molecular formula is C26H18Cl2N6O3. The van der Waals surface area contributed by atoms with E-state index in [1.807, 2.05) is 37.3 Å².